The summed E-state index contributed by atoms with van der Waals surface area (Å²) in [6, 6.07) is 0. The van der Waals surface area contributed by atoms with Crippen molar-refractivity contribution in [3.8, 4) is 0 Å². The highest BCUT2D eigenvalue weighted by molar-refractivity contribution is 5.21. The summed E-state index contributed by atoms with van der Waals surface area (Å²) in [6.45, 7) is 1.27. The minimum Gasteiger partial charge on any atom is -0.387 e. The molecule has 1 unspecified atom stereocenters. The summed E-state index contributed by atoms with van der Waals surface area (Å²) in [5.41, 5.74) is 3.35. The van der Waals surface area contributed by atoms with Crippen LogP contribution in [0.5, 0.6) is 0 Å². The van der Waals surface area contributed by atoms with Crippen molar-refractivity contribution in [1.29, 1.82) is 0 Å². The van der Waals surface area contributed by atoms with Crippen molar-refractivity contribution in [2.75, 3.05) is 6.54 Å². The molecule has 1 saturated carbocycles. The van der Waals surface area contributed by atoms with Crippen LogP contribution in [-0.2, 0) is 20.6 Å². The van der Waals surface area contributed by atoms with Crippen LogP contribution in [0.2, 0.25) is 0 Å². The fourth-order valence-electron chi connectivity index (χ4n) is 3.48. The number of nitrogens with one attached hydrogen (secondary N) is 1. The second kappa shape index (κ2) is 7.27. The molecule has 6 heteroatoms. The summed E-state index contributed by atoms with van der Waals surface area (Å²) in [5, 5.41) is 22.4. The van der Waals surface area contributed by atoms with E-state index < -0.39 is 6.10 Å². The number of rotatable bonds is 6. The van der Waals surface area contributed by atoms with Crippen LogP contribution in [0, 0.1) is 0 Å². The van der Waals surface area contributed by atoms with E-state index in [-0.39, 0.29) is 0 Å². The molecule has 126 valence electrons. The zero-order valence-corrected chi connectivity index (χ0v) is 14.1. The molecule has 0 amide bonds. The third-order valence-electron chi connectivity index (χ3n) is 4.69. The van der Waals surface area contributed by atoms with Crippen LogP contribution in [0.25, 0.3) is 0 Å². The largest absolute Gasteiger partial charge is 0.387 e. The Bertz CT molecular complexity index is 627. The molecule has 0 aromatic carbocycles. The van der Waals surface area contributed by atoms with E-state index in [0.29, 0.717) is 12.5 Å². The van der Waals surface area contributed by atoms with Gasteiger partial charge in [-0.1, -0.05) is 19.3 Å². The summed E-state index contributed by atoms with van der Waals surface area (Å²) < 4.78 is 3.62. The van der Waals surface area contributed by atoms with Gasteiger partial charge in [-0.15, -0.1) is 0 Å². The lowest BCUT2D eigenvalue weighted by Gasteiger charge is -2.21. The fraction of sp³-hybridized carbons (Fsp3) is 0.647. The highest BCUT2D eigenvalue weighted by atomic mass is 16.3. The van der Waals surface area contributed by atoms with E-state index in [4.69, 9.17) is 5.10 Å². The first-order chi connectivity index (χ1) is 11.1. The first kappa shape index (κ1) is 16.2. The Balaban J connectivity index is 1.57. The van der Waals surface area contributed by atoms with Gasteiger partial charge in [-0.3, -0.25) is 9.36 Å². The molecule has 2 aromatic rings. The molecule has 23 heavy (non-hydrogen) atoms. The molecule has 3 rings (SSSR count). The SMILES string of the molecule is Cn1cc(C(O)CNCc2cn(C)nc2C2CCCCC2)cn1. The zero-order chi connectivity index (χ0) is 16.2. The Labute approximate surface area is 137 Å². The lowest BCUT2D eigenvalue weighted by molar-refractivity contribution is 0.174. The molecule has 2 N–H and O–H groups in total. The first-order valence-corrected chi connectivity index (χ1v) is 8.53. The van der Waals surface area contributed by atoms with Gasteiger partial charge in [-0.25, -0.2) is 0 Å². The van der Waals surface area contributed by atoms with Crippen molar-refractivity contribution in [2.24, 2.45) is 14.1 Å². The van der Waals surface area contributed by atoms with Crippen LogP contribution in [0.1, 0.15) is 60.9 Å². The second-order valence-electron chi connectivity index (χ2n) is 6.64. The Morgan fingerprint density at radius 1 is 1.22 bits per heavy atom. The van der Waals surface area contributed by atoms with Crippen molar-refractivity contribution >= 4 is 0 Å². The van der Waals surface area contributed by atoms with Crippen molar-refractivity contribution in [1.82, 2.24) is 24.9 Å². The molecule has 1 fully saturated rings. The van der Waals surface area contributed by atoms with Crippen LogP contribution in [0.4, 0.5) is 0 Å². The van der Waals surface area contributed by atoms with Gasteiger partial charge < -0.3 is 10.4 Å². The second-order valence-corrected chi connectivity index (χ2v) is 6.64. The normalized spacial score (nSPS) is 17.5. The van der Waals surface area contributed by atoms with Gasteiger partial charge in [0.1, 0.15) is 0 Å². The highest BCUT2D eigenvalue weighted by Gasteiger charge is 2.21. The Hall–Kier alpha value is -1.66. The summed E-state index contributed by atoms with van der Waals surface area (Å²) in [5.74, 6) is 0.602. The maximum atomic E-state index is 10.2. The third-order valence-corrected chi connectivity index (χ3v) is 4.69. The summed E-state index contributed by atoms with van der Waals surface area (Å²) in [7, 11) is 3.84. The molecule has 1 aliphatic rings. The minimum absolute atomic E-state index is 0.519. The molecule has 0 aliphatic heterocycles. The maximum Gasteiger partial charge on any atom is 0.0944 e. The Kier molecular flexibility index (Phi) is 5.13. The molecular weight excluding hydrogens is 290 g/mol. The van der Waals surface area contributed by atoms with Gasteiger partial charge >= 0.3 is 0 Å². The number of aliphatic hydroxyl groups excluding tert-OH is 1. The molecule has 1 aliphatic carbocycles. The van der Waals surface area contributed by atoms with Crippen LogP contribution >= 0.6 is 0 Å². The van der Waals surface area contributed by atoms with E-state index in [1.54, 1.807) is 10.9 Å². The number of aromatic nitrogens is 4. The highest BCUT2D eigenvalue weighted by Crippen LogP contribution is 2.33. The van der Waals surface area contributed by atoms with E-state index in [1.165, 1.54) is 43.4 Å². The molecule has 1 atom stereocenters. The monoisotopic (exact) mass is 317 g/mol. The summed E-state index contributed by atoms with van der Waals surface area (Å²) >= 11 is 0. The predicted molar refractivity (Wildman–Crippen MR) is 88.9 cm³/mol. The van der Waals surface area contributed by atoms with E-state index in [1.807, 2.05) is 25.0 Å². The van der Waals surface area contributed by atoms with Gasteiger partial charge in [0.2, 0.25) is 0 Å². The number of aliphatic hydroxyl groups is 1. The molecule has 0 saturated heterocycles. The van der Waals surface area contributed by atoms with Gasteiger partial charge in [0, 0.05) is 56.6 Å². The van der Waals surface area contributed by atoms with Gasteiger partial charge in [0.15, 0.2) is 0 Å². The third kappa shape index (κ3) is 4.00. The Morgan fingerprint density at radius 3 is 2.70 bits per heavy atom. The first-order valence-electron chi connectivity index (χ1n) is 8.53. The standard InChI is InChI=1S/C17H27N5O/c1-21-11-14(9-19-21)16(23)10-18-8-15-12-22(2)20-17(15)13-6-4-3-5-7-13/h9,11-13,16,18,23H,3-8,10H2,1-2H3. The molecule has 2 heterocycles. The van der Waals surface area contributed by atoms with Crippen molar-refractivity contribution < 1.29 is 5.11 Å². The quantitative estimate of drug-likeness (QED) is 0.855. The minimum atomic E-state index is -0.529. The average Bonchev–Trinajstić information content (AvgIpc) is 3.14. The molecule has 0 spiro atoms. The van der Waals surface area contributed by atoms with E-state index in [9.17, 15) is 5.11 Å². The molecular formula is C17H27N5O. The van der Waals surface area contributed by atoms with E-state index in [2.05, 4.69) is 16.6 Å². The molecule has 2 aromatic heterocycles. The van der Waals surface area contributed by atoms with Gasteiger partial charge in [0.05, 0.1) is 18.0 Å². The molecule has 6 nitrogen and oxygen atoms in total. The number of hydrogen-bond donors (Lipinski definition) is 2. The van der Waals surface area contributed by atoms with Gasteiger partial charge in [-0.05, 0) is 12.8 Å². The van der Waals surface area contributed by atoms with Crippen molar-refractivity contribution in [3.63, 3.8) is 0 Å². The number of nitrogens with zero attached hydrogens (tertiary/aromatic N) is 4. The van der Waals surface area contributed by atoms with Crippen LogP contribution in [0.3, 0.4) is 0 Å². The topological polar surface area (TPSA) is 67.9 Å². The predicted octanol–water partition coefficient (Wildman–Crippen LogP) is 2.02. The number of hydrogen-bond acceptors (Lipinski definition) is 4. The van der Waals surface area contributed by atoms with Crippen molar-refractivity contribution in [2.45, 2.75) is 50.7 Å². The Morgan fingerprint density at radius 2 is 2.00 bits per heavy atom. The van der Waals surface area contributed by atoms with Gasteiger partial charge in [0.25, 0.3) is 0 Å². The van der Waals surface area contributed by atoms with Crippen molar-refractivity contribution in [3.05, 3.63) is 35.4 Å². The van der Waals surface area contributed by atoms with Gasteiger partial charge in [-0.2, -0.15) is 10.2 Å². The van der Waals surface area contributed by atoms with Crippen LogP contribution in [-0.4, -0.2) is 31.2 Å². The van der Waals surface area contributed by atoms with E-state index >= 15 is 0 Å². The van der Waals surface area contributed by atoms with Crippen LogP contribution < -0.4 is 5.32 Å². The lowest BCUT2D eigenvalue weighted by atomic mass is 9.85. The van der Waals surface area contributed by atoms with E-state index in [0.717, 1.165) is 12.1 Å². The molecule has 0 bridgehead atoms. The summed E-state index contributed by atoms with van der Waals surface area (Å²) in [4.78, 5) is 0. The average molecular weight is 317 g/mol. The summed E-state index contributed by atoms with van der Waals surface area (Å²) in [6.07, 6.45) is 11.6. The molecule has 0 radical (unpaired) electrons. The fourth-order valence-corrected chi connectivity index (χ4v) is 3.48. The maximum absolute atomic E-state index is 10.2. The lowest BCUT2D eigenvalue weighted by Crippen LogP contribution is -2.21. The van der Waals surface area contributed by atoms with Crippen LogP contribution in [0.15, 0.2) is 18.6 Å². The smallest absolute Gasteiger partial charge is 0.0944 e. The number of aryl methyl sites for hydroxylation is 2. The zero-order valence-electron chi connectivity index (χ0n) is 14.1.